The van der Waals surface area contributed by atoms with Crippen LogP contribution in [0.3, 0.4) is 0 Å². The van der Waals surface area contributed by atoms with Gasteiger partial charge >= 0.3 is 0 Å². The fourth-order valence-electron chi connectivity index (χ4n) is 3.49. The molecular formula is C23H31N3O2. The minimum Gasteiger partial charge on any atom is -0.378 e. The van der Waals surface area contributed by atoms with Gasteiger partial charge in [-0.25, -0.2) is 0 Å². The summed E-state index contributed by atoms with van der Waals surface area (Å²) in [6.45, 7) is 4.99. The van der Waals surface area contributed by atoms with Gasteiger partial charge < -0.3 is 15.8 Å². The molecular weight excluding hydrogens is 350 g/mol. The third-order valence-corrected chi connectivity index (χ3v) is 5.20. The van der Waals surface area contributed by atoms with Crippen LogP contribution in [-0.4, -0.2) is 43.2 Å². The number of nitrogens with two attached hydrogens (primary N) is 1. The molecule has 0 saturated carbocycles. The predicted molar refractivity (Wildman–Crippen MR) is 112 cm³/mol. The monoisotopic (exact) mass is 381 g/mol. The molecule has 3 N–H and O–H groups in total. The van der Waals surface area contributed by atoms with Crippen LogP contribution >= 0.6 is 0 Å². The molecule has 0 aromatic heterocycles. The molecule has 5 heteroatoms. The lowest BCUT2D eigenvalue weighted by Crippen LogP contribution is -2.36. The molecule has 0 radical (unpaired) electrons. The van der Waals surface area contributed by atoms with Crippen molar-refractivity contribution in [3.8, 4) is 0 Å². The summed E-state index contributed by atoms with van der Waals surface area (Å²) < 4.78 is 6.01. The second-order valence-electron chi connectivity index (χ2n) is 7.34. The van der Waals surface area contributed by atoms with E-state index in [2.05, 4.69) is 40.5 Å². The van der Waals surface area contributed by atoms with Crippen molar-refractivity contribution in [2.45, 2.75) is 38.5 Å². The molecule has 1 fully saturated rings. The van der Waals surface area contributed by atoms with Crippen LogP contribution in [0.4, 0.5) is 0 Å². The van der Waals surface area contributed by atoms with E-state index in [1.165, 1.54) is 5.56 Å². The Labute approximate surface area is 167 Å². The molecule has 0 atom stereocenters. The second kappa shape index (κ2) is 11.0. The first-order chi connectivity index (χ1) is 13.7. The van der Waals surface area contributed by atoms with Crippen LogP contribution < -0.4 is 11.1 Å². The largest absolute Gasteiger partial charge is 0.378 e. The van der Waals surface area contributed by atoms with E-state index in [0.717, 1.165) is 44.5 Å². The van der Waals surface area contributed by atoms with Gasteiger partial charge in [0.25, 0.3) is 5.91 Å². The summed E-state index contributed by atoms with van der Waals surface area (Å²) in [5.74, 6) is -0.0437. The van der Waals surface area contributed by atoms with Gasteiger partial charge in [-0.3, -0.25) is 9.69 Å². The Morgan fingerprint density at radius 3 is 2.43 bits per heavy atom. The third-order valence-electron chi connectivity index (χ3n) is 5.20. The van der Waals surface area contributed by atoms with Crippen molar-refractivity contribution in [1.29, 1.82) is 0 Å². The number of hydrogen-bond acceptors (Lipinski definition) is 4. The van der Waals surface area contributed by atoms with Gasteiger partial charge in [-0.2, -0.15) is 0 Å². The molecule has 3 rings (SSSR count). The summed E-state index contributed by atoms with van der Waals surface area (Å²) in [6.07, 6.45) is 3.32. The average Bonchev–Trinajstić information content (AvgIpc) is 2.75. The smallest absolute Gasteiger partial charge is 0.251 e. The van der Waals surface area contributed by atoms with Crippen LogP contribution in [-0.2, 0) is 17.8 Å². The molecule has 1 aliphatic rings. The zero-order valence-electron chi connectivity index (χ0n) is 16.5. The molecule has 0 aliphatic carbocycles. The van der Waals surface area contributed by atoms with Gasteiger partial charge in [0.15, 0.2) is 0 Å². The Bertz CT molecular complexity index is 710. The Kier molecular flexibility index (Phi) is 8.03. The van der Waals surface area contributed by atoms with Gasteiger partial charge in [0.2, 0.25) is 0 Å². The highest BCUT2D eigenvalue weighted by Crippen LogP contribution is 2.16. The molecule has 1 aliphatic heterocycles. The number of carbonyl (C=O) groups is 1. The molecule has 0 unspecified atom stereocenters. The van der Waals surface area contributed by atoms with E-state index in [4.69, 9.17) is 10.5 Å². The first-order valence-corrected chi connectivity index (χ1v) is 10.2. The number of likely N-dealkylation sites (tertiary alicyclic amines) is 1. The quantitative estimate of drug-likeness (QED) is 0.656. The highest BCUT2D eigenvalue weighted by molar-refractivity contribution is 5.94. The van der Waals surface area contributed by atoms with E-state index in [-0.39, 0.29) is 5.91 Å². The number of nitrogens with one attached hydrogen (secondary N) is 1. The molecule has 2 aromatic rings. The number of carbonyl (C=O) groups excluding carboxylic acids is 1. The molecule has 5 nitrogen and oxygen atoms in total. The summed E-state index contributed by atoms with van der Waals surface area (Å²) in [6, 6.07) is 18.0. The average molecular weight is 382 g/mol. The zero-order chi connectivity index (χ0) is 19.6. The van der Waals surface area contributed by atoms with Gasteiger partial charge in [-0.1, -0.05) is 42.5 Å². The van der Waals surface area contributed by atoms with Gasteiger partial charge in [0.05, 0.1) is 6.10 Å². The maximum Gasteiger partial charge on any atom is 0.251 e. The summed E-state index contributed by atoms with van der Waals surface area (Å²) in [4.78, 5) is 14.6. The maximum absolute atomic E-state index is 12.1. The van der Waals surface area contributed by atoms with Gasteiger partial charge in [-0.15, -0.1) is 0 Å². The van der Waals surface area contributed by atoms with E-state index in [0.29, 0.717) is 31.4 Å². The number of ether oxygens (including phenoxy) is 1. The lowest BCUT2D eigenvalue weighted by Gasteiger charge is -2.32. The van der Waals surface area contributed by atoms with Crippen LogP contribution in [0.1, 0.15) is 40.7 Å². The van der Waals surface area contributed by atoms with Crippen LogP contribution in [0.15, 0.2) is 54.6 Å². The lowest BCUT2D eigenvalue weighted by atomic mass is 10.1. The zero-order valence-corrected chi connectivity index (χ0v) is 16.5. The molecule has 0 bridgehead atoms. The number of hydrogen-bond donors (Lipinski definition) is 2. The molecule has 1 heterocycles. The van der Waals surface area contributed by atoms with Crippen molar-refractivity contribution in [2.24, 2.45) is 5.73 Å². The van der Waals surface area contributed by atoms with Crippen molar-refractivity contribution in [2.75, 3.05) is 26.2 Å². The number of amides is 1. The van der Waals surface area contributed by atoms with E-state index in [1.807, 2.05) is 24.3 Å². The second-order valence-corrected chi connectivity index (χ2v) is 7.34. The Balaban J connectivity index is 1.26. The summed E-state index contributed by atoms with van der Waals surface area (Å²) >= 11 is 0. The van der Waals surface area contributed by atoms with Crippen LogP contribution in [0, 0.1) is 0 Å². The number of nitrogens with zero attached hydrogens (tertiary/aromatic N) is 1. The molecule has 1 amide bonds. The highest BCUT2D eigenvalue weighted by atomic mass is 16.5. The first kappa shape index (κ1) is 20.5. The maximum atomic E-state index is 12.1. The molecule has 28 heavy (non-hydrogen) atoms. The number of piperidine rings is 1. The normalized spacial score (nSPS) is 15.5. The number of rotatable bonds is 9. The number of benzene rings is 2. The Hall–Kier alpha value is -2.21. The molecule has 2 aromatic carbocycles. The van der Waals surface area contributed by atoms with Crippen LogP contribution in [0.2, 0.25) is 0 Å². The highest BCUT2D eigenvalue weighted by Gasteiger charge is 2.19. The summed E-state index contributed by atoms with van der Waals surface area (Å²) in [7, 11) is 0. The van der Waals surface area contributed by atoms with Gasteiger partial charge in [-0.05, 0) is 42.5 Å². The molecule has 1 saturated heterocycles. The summed E-state index contributed by atoms with van der Waals surface area (Å²) in [5, 5.41) is 2.95. The summed E-state index contributed by atoms with van der Waals surface area (Å²) in [5.41, 5.74) is 8.64. The van der Waals surface area contributed by atoms with Crippen LogP contribution in [0.25, 0.3) is 0 Å². The van der Waals surface area contributed by atoms with E-state index in [1.54, 1.807) is 0 Å². The van der Waals surface area contributed by atoms with Crippen molar-refractivity contribution in [3.63, 3.8) is 0 Å². The predicted octanol–water partition coefficient (Wildman–Crippen LogP) is 2.95. The minimum absolute atomic E-state index is 0.0437. The fraction of sp³-hybridized carbons (Fsp3) is 0.435. The molecule has 0 spiro atoms. The Morgan fingerprint density at radius 2 is 1.75 bits per heavy atom. The van der Waals surface area contributed by atoms with E-state index < -0.39 is 0 Å². The third kappa shape index (κ3) is 6.44. The molecule has 150 valence electrons. The first-order valence-electron chi connectivity index (χ1n) is 10.2. The fourth-order valence-corrected chi connectivity index (χ4v) is 3.49. The standard InChI is InChI=1S/C23H31N3O2/c24-17-19-7-9-21(10-8-19)23(27)25-13-4-16-28-22-11-14-26(15-12-22)18-20-5-2-1-3-6-20/h1-3,5-10,22H,4,11-18,24H2,(H,25,27). The topological polar surface area (TPSA) is 67.6 Å². The van der Waals surface area contributed by atoms with Crippen molar-refractivity contribution >= 4 is 5.91 Å². The minimum atomic E-state index is -0.0437. The van der Waals surface area contributed by atoms with E-state index >= 15 is 0 Å². The Morgan fingerprint density at radius 1 is 1.04 bits per heavy atom. The van der Waals surface area contributed by atoms with Crippen molar-refractivity contribution in [1.82, 2.24) is 10.2 Å². The van der Waals surface area contributed by atoms with Gasteiger partial charge in [0.1, 0.15) is 0 Å². The van der Waals surface area contributed by atoms with Crippen molar-refractivity contribution < 1.29 is 9.53 Å². The van der Waals surface area contributed by atoms with Crippen molar-refractivity contribution in [3.05, 3.63) is 71.3 Å². The van der Waals surface area contributed by atoms with Gasteiger partial charge in [0, 0.05) is 44.9 Å². The van der Waals surface area contributed by atoms with E-state index in [9.17, 15) is 4.79 Å². The van der Waals surface area contributed by atoms with Crippen LogP contribution in [0.5, 0.6) is 0 Å². The lowest BCUT2D eigenvalue weighted by molar-refractivity contribution is 0.00515. The SMILES string of the molecule is NCc1ccc(C(=O)NCCCOC2CCN(Cc3ccccc3)CC2)cc1.